The Hall–Kier alpha value is -1.92. The van der Waals surface area contributed by atoms with Gasteiger partial charge in [0, 0.05) is 12.8 Å². The molecule has 2 unspecified atom stereocenters. The van der Waals surface area contributed by atoms with E-state index in [-0.39, 0.29) is 18.5 Å². The van der Waals surface area contributed by atoms with Crippen LogP contribution in [0.4, 0.5) is 0 Å². The van der Waals surface area contributed by atoms with Crippen LogP contribution in [0.15, 0.2) is 36.5 Å². The molecule has 0 rings (SSSR count). The van der Waals surface area contributed by atoms with E-state index in [1.165, 1.54) is 372 Å². The maximum atomic E-state index is 12.6. The fourth-order valence-electron chi connectivity index (χ4n) is 13.0. The van der Waals surface area contributed by atoms with E-state index < -0.39 is 12.1 Å². The van der Waals surface area contributed by atoms with Crippen LogP contribution in [-0.2, 0) is 14.3 Å². The molecule has 0 fully saturated rings. The van der Waals surface area contributed by atoms with E-state index in [9.17, 15) is 19.8 Å². The van der Waals surface area contributed by atoms with E-state index in [1.54, 1.807) is 0 Å². The van der Waals surface area contributed by atoms with Crippen molar-refractivity contribution in [2.24, 2.45) is 0 Å². The van der Waals surface area contributed by atoms with Crippen LogP contribution in [0, 0.1) is 0 Å². The Morgan fingerprint density at radius 3 is 0.865 bits per heavy atom. The van der Waals surface area contributed by atoms with Crippen LogP contribution in [-0.4, -0.2) is 47.4 Å². The van der Waals surface area contributed by atoms with Crippen LogP contribution < -0.4 is 5.32 Å². The van der Waals surface area contributed by atoms with E-state index in [2.05, 4.69) is 55.6 Å². The van der Waals surface area contributed by atoms with Crippen LogP contribution in [0.3, 0.4) is 0 Å². The highest BCUT2D eigenvalue weighted by Gasteiger charge is 2.20. The van der Waals surface area contributed by atoms with Gasteiger partial charge in [0.1, 0.15) is 0 Å². The lowest BCUT2D eigenvalue weighted by Crippen LogP contribution is -2.45. The van der Waals surface area contributed by atoms with Gasteiger partial charge in [-0.05, 0) is 83.5 Å². The number of hydrogen-bond donors (Lipinski definition) is 3. The topological polar surface area (TPSA) is 95.9 Å². The molecule has 6 nitrogen and oxygen atoms in total. The van der Waals surface area contributed by atoms with Crippen molar-refractivity contribution < 1.29 is 24.5 Å². The zero-order valence-corrected chi connectivity index (χ0v) is 60.4. The number of unbranched alkanes of at least 4 members (excludes halogenated alkanes) is 60. The van der Waals surface area contributed by atoms with Crippen LogP contribution in [0.1, 0.15) is 457 Å². The minimum atomic E-state index is -0.666. The first-order valence-electron chi connectivity index (χ1n) is 40.7. The maximum absolute atomic E-state index is 12.6. The molecule has 0 aliphatic rings. The van der Waals surface area contributed by atoms with Crippen molar-refractivity contribution in [3.05, 3.63) is 36.5 Å². The number of allylic oxidation sites excluding steroid dienone is 6. The molecule has 0 aromatic heterocycles. The van der Waals surface area contributed by atoms with Gasteiger partial charge in [-0.15, -0.1) is 0 Å². The summed E-state index contributed by atoms with van der Waals surface area (Å²) < 4.78 is 5.50. The lowest BCUT2D eigenvalue weighted by Gasteiger charge is -2.22. The highest BCUT2D eigenvalue weighted by atomic mass is 16.5. The Morgan fingerprint density at radius 2 is 0.562 bits per heavy atom. The van der Waals surface area contributed by atoms with Crippen molar-refractivity contribution in [2.45, 2.75) is 469 Å². The number of rotatable bonds is 77. The number of aliphatic hydroxyl groups is 2. The molecule has 89 heavy (non-hydrogen) atoms. The fourth-order valence-corrected chi connectivity index (χ4v) is 13.0. The summed E-state index contributed by atoms with van der Waals surface area (Å²) in [5, 5.41) is 23.5. The highest BCUT2D eigenvalue weighted by molar-refractivity contribution is 5.76. The summed E-state index contributed by atoms with van der Waals surface area (Å²) in [7, 11) is 0. The van der Waals surface area contributed by atoms with Crippen molar-refractivity contribution in [1.82, 2.24) is 5.32 Å². The van der Waals surface area contributed by atoms with Crippen LogP contribution in [0.2, 0.25) is 0 Å². The average molecular weight is 1250 g/mol. The van der Waals surface area contributed by atoms with Gasteiger partial charge in [0.15, 0.2) is 0 Å². The lowest BCUT2D eigenvalue weighted by molar-refractivity contribution is -0.143. The predicted molar refractivity (Wildman–Crippen MR) is 393 cm³/mol. The molecule has 0 aliphatic carbocycles. The van der Waals surface area contributed by atoms with Gasteiger partial charge in [-0.1, -0.05) is 397 Å². The normalized spacial score (nSPS) is 12.6. The van der Waals surface area contributed by atoms with Crippen LogP contribution in [0.25, 0.3) is 0 Å². The summed E-state index contributed by atoms with van der Waals surface area (Å²) in [6, 6.07) is -0.543. The number of aliphatic hydroxyl groups excluding tert-OH is 2. The molecule has 0 aromatic rings. The van der Waals surface area contributed by atoms with Crippen LogP contribution in [0.5, 0.6) is 0 Å². The SMILES string of the molecule is CCCCCCCC/C=C\CCCCCCCCCC(=O)OCCCCCCCCCCC/C=C\C/C=C\CCCCCCCCCCCCCCCCCC(=O)NC(CO)C(O)CCCCCCCCCCCCCCCCCCCCCCCCCC. The lowest BCUT2D eigenvalue weighted by atomic mass is 10.0. The Kier molecular flexibility index (Phi) is 76.8. The molecule has 3 N–H and O–H groups in total. The second-order valence-corrected chi connectivity index (χ2v) is 28.1. The molecular weight excluding hydrogens is 1090 g/mol. The summed E-state index contributed by atoms with van der Waals surface area (Å²) >= 11 is 0. The molecule has 1 amide bonds. The van der Waals surface area contributed by atoms with Crippen molar-refractivity contribution >= 4 is 11.9 Å². The van der Waals surface area contributed by atoms with Gasteiger partial charge >= 0.3 is 5.97 Å². The van der Waals surface area contributed by atoms with E-state index in [0.29, 0.717) is 25.9 Å². The number of amides is 1. The first kappa shape index (κ1) is 87.1. The monoisotopic (exact) mass is 1250 g/mol. The van der Waals surface area contributed by atoms with Gasteiger partial charge in [-0.2, -0.15) is 0 Å². The Bertz CT molecular complexity index is 1440. The zero-order valence-electron chi connectivity index (χ0n) is 60.4. The maximum Gasteiger partial charge on any atom is 0.305 e. The van der Waals surface area contributed by atoms with Crippen LogP contribution >= 0.6 is 0 Å². The molecule has 0 heterocycles. The number of carbonyl (C=O) groups excluding carboxylic acids is 2. The van der Waals surface area contributed by atoms with Crippen molar-refractivity contribution in [1.29, 1.82) is 0 Å². The molecule has 526 valence electrons. The van der Waals surface area contributed by atoms with Gasteiger partial charge in [0.2, 0.25) is 5.91 Å². The minimum absolute atomic E-state index is 0.0108. The van der Waals surface area contributed by atoms with E-state index in [0.717, 1.165) is 51.4 Å². The predicted octanol–water partition coefficient (Wildman–Crippen LogP) is 27.0. The molecule has 6 heteroatoms. The molecule has 0 bridgehead atoms. The number of hydrogen-bond acceptors (Lipinski definition) is 5. The second-order valence-electron chi connectivity index (χ2n) is 28.1. The molecule has 0 saturated heterocycles. The summed E-state index contributed by atoms with van der Waals surface area (Å²) in [6.45, 7) is 4.99. The van der Waals surface area contributed by atoms with Gasteiger partial charge in [-0.3, -0.25) is 9.59 Å². The Balaban J connectivity index is 3.39. The zero-order chi connectivity index (χ0) is 64.2. The molecule has 0 aromatic carbocycles. The van der Waals surface area contributed by atoms with E-state index >= 15 is 0 Å². The molecule has 0 spiro atoms. The fraction of sp³-hybridized carbons (Fsp3) is 0.904. The van der Waals surface area contributed by atoms with Crippen molar-refractivity contribution in [3.63, 3.8) is 0 Å². The third kappa shape index (κ3) is 75.0. The Morgan fingerprint density at radius 1 is 0.315 bits per heavy atom. The smallest absolute Gasteiger partial charge is 0.305 e. The summed E-state index contributed by atoms with van der Waals surface area (Å²) in [4.78, 5) is 24.7. The molecule has 0 radical (unpaired) electrons. The molecule has 0 saturated carbocycles. The van der Waals surface area contributed by atoms with Gasteiger partial charge in [0.05, 0.1) is 25.4 Å². The van der Waals surface area contributed by atoms with E-state index in [1.807, 2.05) is 0 Å². The van der Waals surface area contributed by atoms with E-state index in [4.69, 9.17) is 4.74 Å². The standard InChI is InChI=1S/C83H159NO5/c1-3-5-7-9-11-13-15-17-19-21-22-23-24-34-37-40-44-47-51-55-59-63-67-71-75-81(86)80(79-85)84-82(87)76-72-68-64-60-56-52-48-45-41-38-35-32-30-28-26-25-27-29-31-33-36-39-42-46-50-54-58-62-66-70-74-78-89-83(88)77-73-69-65-61-57-53-49-43-20-18-16-14-12-10-8-6-4-2/h18,20,27,29,33,36,80-81,85-86H,3-17,19,21-26,28,30-32,34-35,37-79H2,1-2H3,(H,84,87)/b20-18-,29-27-,36-33-. The number of esters is 1. The third-order valence-corrected chi connectivity index (χ3v) is 19.2. The van der Waals surface area contributed by atoms with Crippen molar-refractivity contribution in [2.75, 3.05) is 13.2 Å². The quantitative estimate of drug-likeness (QED) is 0.0320. The highest BCUT2D eigenvalue weighted by Crippen LogP contribution is 2.20. The summed E-state index contributed by atoms with van der Waals surface area (Å²) in [6.07, 6.45) is 102. The largest absolute Gasteiger partial charge is 0.466 e. The summed E-state index contributed by atoms with van der Waals surface area (Å²) in [5.41, 5.74) is 0. The summed E-state index contributed by atoms with van der Waals surface area (Å²) in [5.74, 6) is -0.0181. The minimum Gasteiger partial charge on any atom is -0.466 e. The van der Waals surface area contributed by atoms with Crippen molar-refractivity contribution in [3.8, 4) is 0 Å². The van der Waals surface area contributed by atoms with Gasteiger partial charge in [0.25, 0.3) is 0 Å². The molecular formula is C83H159NO5. The number of carbonyl (C=O) groups is 2. The molecule has 2 atom stereocenters. The van der Waals surface area contributed by atoms with Gasteiger partial charge in [-0.25, -0.2) is 0 Å². The molecule has 0 aliphatic heterocycles. The number of ether oxygens (including phenoxy) is 1. The van der Waals surface area contributed by atoms with Gasteiger partial charge < -0.3 is 20.3 Å². The number of nitrogens with one attached hydrogen (secondary N) is 1. The third-order valence-electron chi connectivity index (χ3n) is 19.2. The first-order valence-corrected chi connectivity index (χ1v) is 40.7. The average Bonchev–Trinajstić information content (AvgIpc) is 3.64. The Labute approximate surface area is 557 Å². The second kappa shape index (κ2) is 78.5. The first-order chi connectivity index (χ1) is 44.0.